The zero-order chi connectivity index (χ0) is 13.9. The normalized spacial score (nSPS) is 12.3. The first-order chi connectivity index (χ1) is 8.32. The van der Waals surface area contributed by atoms with E-state index in [1.807, 2.05) is 20.8 Å². The number of carbonyl (C=O) groups excluding carboxylic acids is 1. The SMILES string of the molecule is Cc1cc(C(=O)NC(C(N)=S)C(C)C)ccc1Cl. The monoisotopic (exact) mass is 284 g/mol. The first kappa shape index (κ1) is 14.9. The molecule has 3 N–H and O–H groups in total. The second kappa shape index (κ2) is 6.16. The van der Waals surface area contributed by atoms with E-state index in [1.165, 1.54) is 0 Å². The van der Waals surface area contributed by atoms with E-state index in [0.29, 0.717) is 15.6 Å². The molecule has 1 amide bonds. The molecule has 0 saturated carbocycles. The Balaban J connectivity index is 2.87. The molecule has 0 aliphatic rings. The van der Waals surface area contributed by atoms with Crippen molar-refractivity contribution in [2.75, 3.05) is 0 Å². The van der Waals surface area contributed by atoms with Gasteiger partial charge in [-0.1, -0.05) is 37.7 Å². The topological polar surface area (TPSA) is 55.1 Å². The van der Waals surface area contributed by atoms with Crippen LogP contribution < -0.4 is 11.1 Å². The van der Waals surface area contributed by atoms with Gasteiger partial charge in [0.15, 0.2) is 0 Å². The summed E-state index contributed by atoms with van der Waals surface area (Å²) in [6.07, 6.45) is 0. The predicted octanol–water partition coefficient (Wildman–Crippen LogP) is 2.69. The van der Waals surface area contributed by atoms with E-state index in [1.54, 1.807) is 18.2 Å². The van der Waals surface area contributed by atoms with Gasteiger partial charge in [-0.05, 0) is 36.6 Å². The molecule has 0 aromatic heterocycles. The maximum Gasteiger partial charge on any atom is 0.251 e. The molecular weight excluding hydrogens is 268 g/mol. The Morgan fingerprint density at radius 2 is 2.06 bits per heavy atom. The van der Waals surface area contributed by atoms with Gasteiger partial charge in [0.25, 0.3) is 5.91 Å². The summed E-state index contributed by atoms with van der Waals surface area (Å²) in [5.74, 6) is -0.0406. The van der Waals surface area contributed by atoms with Gasteiger partial charge in [0, 0.05) is 10.6 Å². The zero-order valence-corrected chi connectivity index (χ0v) is 12.2. The number of rotatable bonds is 4. The number of benzene rings is 1. The van der Waals surface area contributed by atoms with Crippen molar-refractivity contribution in [3.63, 3.8) is 0 Å². The summed E-state index contributed by atoms with van der Waals surface area (Å²) < 4.78 is 0. The molecule has 0 spiro atoms. The van der Waals surface area contributed by atoms with Gasteiger partial charge in [-0.3, -0.25) is 4.79 Å². The van der Waals surface area contributed by atoms with Crippen molar-refractivity contribution in [3.05, 3.63) is 34.3 Å². The van der Waals surface area contributed by atoms with Gasteiger partial charge in [-0.2, -0.15) is 0 Å². The molecule has 0 aliphatic carbocycles. The Labute approximate surface area is 118 Å². The summed E-state index contributed by atoms with van der Waals surface area (Å²) >= 11 is 10.9. The van der Waals surface area contributed by atoms with E-state index < -0.39 is 0 Å². The molecule has 1 rings (SSSR count). The standard InChI is InChI=1S/C13H17ClN2OS/c1-7(2)11(12(15)18)16-13(17)9-4-5-10(14)8(3)6-9/h4-7,11H,1-3H3,(H2,15,18)(H,16,17). The molecule has 1 aromatic carbocycles. The van der Waals surface area contributed by atoms with E-state index in [9.17, 15) is 4.79 Å². The Bertz CT molecular complexity index is 474. The Morgan fingerprint density at radius 1 is 1.44 bits per heavy atom. The Kier molecular flexibility index (Phi) is 5.11. The summed E-state index contributed by atoms with van der Waals surface area (Å²) in [6, 6.07) is 4.83. The fourth-order valence-electron chi connectivity index (χ4n) is 1.58. The molecule has 0 aliphatic heterocycles. The van der Waals surface area contributed by atoms with Crippen LogP contribution in [0.5, 0.6) is 0 Å². The lowest BCUT2D eigenvalue weighted by Gasteiger charge is -2.21. The fourth-order valence-corrected chi connectivity index (χ4v) is 2.03. The summed E-state index contributed by atoms with van der Waals surface area (Å²) in [5, 5.41) is 3.47. The number of hydrogen-bond acceptors (Lipinski definition) is 2. The van der Waals surface area contributed by atoms with Crippen molar-refractivity contribution in [2.24, 2.45) is 11.7 Å². The van der Waals surface area contributed by atoms with Crippen LogP contribution in [0.3, 0.4) is 0 Å². The Morgan fingerprint density at radius 3 is 2.50 bits per heavy atom. The second-order valence-corrected chi connectivity index (χ2v) is 5.44. The largest absolute Gasteiger partial charge is 0.392 e. The number of hydrogen-bond donors (Lipinski definition) is 2. The third-order valence-electron chi connectivity index (χ3n) is 2.68. The molecule has 1 atom stereocenters. The molecule has 98 valence electrons. The summed E-state index contributed by atoms with van der Waals surface area (Å²) in [4.78, 5) is 12.4. The molecule has 0 bridgehead atoms. The van der Waals surface area contributed by atoms with Crippen molar-refractivity contribution in [1.29, 1.82) is 0 Å². The molecule has 5 heteroatoms. The van der Waals surface area contributed by atoms with Crippen LogP contribution in [0.1, 0.15) is 29.8 Å². The van der Waals surface area contributed by atoms with Gasteiger partial charge in [0.1, 0.15) is 0 Å². The average Bonchev–Trinajstić information content (AvgIpc) is 2.28. The van der Waals surface area contributed by atoms with Crippen LogP contribution in [0.15, 0.2) is 18.2 Å². The number of nitrogens with two attached hydrogens (primary N) is 1. The molecule has 3 nitrogen and oxygen atoms in total. The average molecular weight is 285 g/mol. The van der Waals surface area contributed by atoms with Gasteiger partial charge in [0.2, 0.25) is 0 Å². The molecule has 0 saturated heterocycles. The number of thiocarbonyl (C=S) groups is 1. The molecule has 18 heavy (non-hydrogen) atoms. The van der Waals surface area contributed by atoms with Gasteiger partial charge in [-0.25, -0.2) is 0 Å². The lowest BCUT2D eigenvalue weighted by Crippen LogP contribution is -2.46. The fraction of sp³-hybridized carbons (Fsp3) is 0.385. The van der Waals surface area contributed by atoms with Crippen LogP contribution in [-0.4, -0.2) is 16.9 Å². The molecule has 0 fully saturated rings. The number of amides is 1. The lowest BCUT2D eigenvalue weighted by atomic mass is 10.0. The first-order valence-corrected chi connectivity index (χ1v) is 6.48. The lowest BCUT2D eigenvalue weighted by molar-refractivity contribution is 0.0940. The minimum atomic E-state index is -0.302. The highest BCUT2D eigenvalue weighted by Crippen LogP contribution is 2.16. The zero-order valence-electron chi connectivity index (χ0n) is 10.7. The van der Waals surface area contributed by atoms with Crippen LogP contribution in [0.4, 0.5) is 0 Å². The van der Waals surface area contributed by atoms with E-state index in [2.05, 4.69) is 5.32 Å². The molecule has 1 unspecified atom stereocenters. The molecule has 0 radical (unpaired) electrons. The predicted molar refractivity (Wildman–Crippen MR) is 79.1 cm³/mol. The smallest absolute Gasteiger partial charge is 0.251 e. The maximum absolute atomic E-state index is 12.1. The summed E-state index contributed by atoms with van der Waals surface area (Å²) in [6.45, 7) is 5.76. The highest BCUT2D eigenvalue weighted by molar-refractivity contribution is 7.80. The third-order valence-corrected chi connectivity index (χ3v) is 3.36. The third kappa shape index (κ3) is 3.68. The highest BCUT2D eigenvalue weighted by atomic mass is 35.5. The maximum atomic E-state index is 12.1. The summed E-state index contributed by atoms with van der Waals surface area (Å²) in [7, 11) is 0. The van der Waals surface area contributed by atoms with Crippen molar-refractivity contribution >= 4 is 34.7 Å². The van der Waals surface area contributed by atoms with Gasteiger partial charge >= 0.3 is 0 Å². The second-order valence-electron chi connectivity index (χ2n) is 4.56. The van der Waals surface area contributed by atoms with Gasteiger partial charge in [0.05, 0.1) is 11.0 Å². The molecule has 1 aromatic rings. The summed E-state index contributed by atoms with van der Waals surface area (Å²) in [5.41, 5.74) is 7.03. The van der Waals surface area contributed by atoms with Crippen LogP contribution >= 0.6 is 23.8 Å². The van der Waals surface area contributed by atoms with Crippen molar-refractivity contribution in [1.82, 2.24) is 5.32 Å². The van der Waals surface area contributed by atoms with E-state index >= 15 is 0 Å². The minimum Gasteiger partial charge on any atom is -0.392 e. The molecular formula is C13H17ClN2OS. The van der Waals surface area contributed by atoms with Crippen molar-refractivity contribution in [2.45, 2.75) is 26.8 Å². The quantitative estimate of drug-likeness (QED) is 0.836. The van der Waals surface area contributed by atoms with Crippen LogP contribution in [0, 0.1) is 12.8 Å². The van der Waals surface area contributed by atoms with E-state index in [4.69, 9.17) is 29.6 Å². The number of halogens is 1. The number of aryl methyl sites for hydroxylation is 1. The van der Waals surface area contributed by atoms with Gasteiger partial charge in [-0.15, -0.1) is 0 Å². The van der Waals surface area contributed by atoms with Crippen LogP contribution in [-0.2, 0) is 0 Å². The van der Waals surface area contributed by atoms with E-state index in [-0.39, 0.29) is 17.9 Å². The Hall–Kier alpha value is -1.13. The molecule has 0 heterocycles. The number of nitrogens with one attached hydrogen (secondary N) is 1. The van der Waals surface area contributed by atoms with Crippen molar-refractivity contribution in [3.8, 4) is 0 Å². The first-order valence-electron chi connectivity index (χ1n) is 5.69. The van der Waals surface area contributed by atoms with Crippen LogP contribution in [0.25, 0.3) is 0 Å². The highest BCUT2D eigenvalue weighted by Gasteiger charge is 2.19. The minimum absolute atomic E-state index is 0.153. The van der Waals surface area contributed by atoms with Crippen LogP contribution in [0.2, 0.25) is 5.02 Å². The number of carbonyl (C=O) groups is 1. The van der Waals surface area contributed by atoms with Crippen molar-refractivity contribution < 1.29 is 4.79 Å². The van der Waals surface area contributed by atoms with Gasteiger partial charge < -0.3 is 11.1 Å². The van der Waals surface area contributed by atoms with E-state index in [0.717, 1.165) is 5.56 Å².